The van der Waals surface area contributed by atoms with Gasteiger partial charge in [-0.25, -0.2) is 0 Å². The number of benzene rings is 1. The van der Waals surface area contributed by atoms with Crippen molar-refractivity contribution < 1.29 is 14.6 Å². The minimum Gasteiger partial charge on any atom is -0.497 e. The number of hydrogen-bond donors (Lipinski definition) is 1. The van der Waals surface area contributed by atoms with Crippen LogP contribution in [0.4, 0.5) is 0 Å². The highest BCUT2D eigenvalue weighted by Crippen LogP contribution is 2.11. The van der Waals surface area contributed by atoms with Gasteiger partial charge < -0.3 is 9.84 Å². The van der Waals surface area contributed by atoms with Crippen molar-refractivity contribution in [1.29, 1.82) is 0 Å². The lowest BCUT2D eigenvalue weighted by Crippen LogP contribution is -1.95. The summed E-state index contributed by atoms with van der Waals surface area (Å²) in [4.78, 5) is 11.4. The van der Waals surface area contributed by atoms with Crippen molar-refractivity contribution in [2.45, 2.75) is 6.42 Å². The summed E-state index contributed by atoms with van der Waals surface area (Å²) in [5.74, 6) is 5.49. The first-order chi connectivity index (χ1) is 7.27. The van der Waals surface area contributed by atoms with E-state index in [0.29, 0.717) is 17.7 Å². The Hall–Kier alpha value is -1.79. The van der Waals surface area contributed by atoms with Crippen LogP contribution in [0.25, 0.3) is 0 Å². The van der Waals surface area contributed by atoms with Crippen LogP contribution in [0, 0.1) is 11.8 Å². The second kappa shape index (κ2) is 5.84. The van der Waals surface area contributed by atoms with E-state index in [9.17, 15) is 4.79 Å². The highest BCUT2D eigenvalue weighted by Gasteiger charge is 2.01. The predicted molar refractivity (Wildman–Crippen MR) is 56.8 cm³/mol. The van der Waals surface area contributed by atoms with E-state index < -0.39 is 0 Å². The van der Waals surface area contributed by atoms with Crippen molar-refractivity contribution in [1.82, 2.24) is 0 Å². The molecular formula is C12H12O3. The van der Waals surface area contributed by atoms with Crippen LogP contribution < -0.4 is 4.74 Å². The van der Waals surface area contributed by atoms with Crippen molar-refractivity contribution >= 4 is 5.78 Å². The first-order valence-electron chi connectivity index (χ1n) is 4.56. The molecule has 1 aromatic carbocycles. The molecule has 0 atom stereocenters. The van der Waals surface area contributed by atoms with Crippen LogP contribution in [-0.2, 0) is 0 Å². The zero-order valence-electron chi connectivity index (χ0n) is 8.49. The van der Waals surface area contributed by atoms with Gasteiger partial charge in [0.1, 0.15) is 5.75 Å². The van der Waals surface area contributed by atoms with E-state index in [1.165, 1.54) is 0 Å². The number of methoxy groups -OCH3 is 1. The fraction of sp³-hybridized carbons (Fsp3) is 0.250. The molecule has 0 bridgehead atoms. The third-order valence-electron chi connectivity index (χ3n) is 1.79. The molecule has 0 unspecified atom stereocenters. The van der Waals surface area contributed by atoms with Gasteiger partial charge in [-0.3, -0.25) is 4.79 Å². The van der Waals surface area contributed by atoms with Crippen LogP contribution in [0.5, 0.6) is 5.75 Å². The zero-order valence-corrected chi connectivity index (χ0v) is 8.49. The molecule has 0 heterocycles. The third kappa shape index (κ3) is 3.45. The number of carbonyl (C=O) groups is 1. The minimum absolute atomic E-state index is 0.0249. The maximum atomic E-state index is 11.4. The van der Waals surface area contributed by atoms with Crippen molar-refractivity contribution in [3.8, 4) is 17.6 Å². The molecule has 1 N–H and O–H groups in total. The number of aliphatic hydroxyl groups excluding tert-OH is 1. The van der Waals surface area contributed by atoms with Gasteiger partial charge in [0.25, 0.3) is 0 Å². The lowest BCUT2D eigenvalue weighted by molar-refractivity contribution is 0.105. The Morgan fingerprint density at radius 1 is 1.40 bits per heavy atom. The van der Waals surface area contributed by atoms with E-state index >= 15 is 0 Å². The van der Waals surface area contributed by atoms with Gasteiger partial charge in [-0.05, 0) is 30.2 Å². The molecule has 3 heteroatoms. The number of ether oxygens (including phenoxy) is 1. The average Bonchev–Trinajstić information content (AvgIpc) is 2.29. The average molecular weight is 204 g/mol. The molecule has 0 aliphatic carbocycles. The summed E-state index contributed by atoms with van der Waals surface area (Å²) in [6, 6.07) is 6.74. The molecule has 1 aromatic rings. The van der Waals surface area contributed by atoms with E-state index in [1.807, 2.05) is 0 Å². The number of Topliss-reactive ketones (excluding diaryl/α,β-unsaturated/α-hetero) is 1. The standard InChI is InChI=1S/C12H12O3/c1-15-11-7-5-10(6-8-11)12(14)4-2-3-9-13/h5-8,13H,3,9H2,1H3. The van der Waals surface area contributed by atoms with Crippen LogP contribution >= 0.6 is 0 Å². The van der Waals surface area contributed by atoms with Gasteiger partial charge in [0.2, 0.25) is 5.78 Å². The van der Waals surface area contributed by atoms with Crippen molar-refractivity contribution in [3.63, 3.8) is 0 Å². The molecule has 15 heavy (non-hydrogen) atoms. The monoisotopic (exact) mass is 204 g/mol. The van der Waals surface area contributed by atoms with Gasteiger partial charge in [-0.2, -0.15) is 0 Å². The molecular weight excluding hydrogens is 192 g/mol. The van der Waals surface area contributed by atoms with Crippen molar-refractivity contribution in [3.05, 3.63) is 29.8 Å². The lowest BCUT2D eigenvalue weighted by Gasteiger charge is -1.98. The summed E-state index contributed by atoms with van der Waals surface area (Å²) in [7, 11) is 1.57. The number of ketones is 1. The number of hydrogen-bond acceptors (Lipinski definition) is 3. The van der Waals surface area contributed by atoms with Gasteiger partial charge in [-0.15, -0.1) is 0 Å². The highest BCUT2D eigenvalue weighted by molar-refractivity contribution is 6.09. The van der Waals surface area contributed by atoms with Gasteiger partial charge in [0.15, 0.2) is 0 Å². The van der Waals surface area contributed by atoms with E-state index in [1.54, 1.807) is 31.4 Å². The Labute approximate surface area is 88.7 Å². The maximum Gasteiger partial charge on any atom is 0.235 e. The summed E-state index contributed by atoms with van der Waals surface area (Å²) >= 11 is 0. The Bertz CT molecular complexity index is 382. The predicted octanol–water partition coefficient (Wildman–Crippen LogP) is 1.26. The number of carbonyl (C=O) groups excluding carboxylic acids is 1. The Balaban J connectivity index is 2.71. The highest BCUT2D eigenvalue weighted by atomic mass is 16.5. The summed E-state index contributed by atoms with van der Waals surface area (Å²) in [6.07, 6.45) is 0.321. The normalized spacial score (nSPS) is 8.93. The van der Waals surface area contributed by atoms with Gasteiger partial charge in [-0.1, -0.05) is 5.92 Å². The SMILES string of the molecule is COc1ccc(C(=O)C#CCCO)cc1. The molecule has 0 aliphatic heterocycles. The fourth-order valence-corrected chi connectivity index (χ4v) is 1.01. The molecule has 0 radical (unpaired) electrons. The smallest absolute Gasteiger partial charge is 0.235 e. The fourth-order valence-electron chi connectivity index (χ4n) is 1.01. The topological polar surface area (TPSA) is 46.5 Å². The number of rotatable bonds is 3. The molecule has 0 aromatic heterocycles. The lowest BCUT2D eigenvalue weighted by atomic mass is 10.1. The van der Waals surface area contributed by atoms with Crippen LogP contribution in [0.2, 0.25) is 0 Å². The zero-order chi connectivity index (χ0) is 11.1. The Kier molecular flexibility index (Phi) is 4.39. The maximum absolute atomic E-state index is 11.4. The largest absolute Gasteiger partial charge is 0.497 e. The molecule has 0 fully saturated rings. The number of aliphatic hydroxyl groups is 1. The third-order valence-corrected chi connectivity index (χ3v) is 1.79. The summed E-state index contributed by atoms with van der Waals surface area (Å²) in [5, 5.41) is 8.49. The van der Waals surface area contributed by atoms with Gasteiger partial charge in [0.05, 0.1) is 13.7 Å². The molecule has 0 saturated heterocycles. The summed E-state index contributed by atoms with van der Waals surface area (Å²) < 4.78 is 4.97. The van der Waals surface area contributed by atoms with Gasteiger partial charge in [0, 0.05) is 12.0 Å². The van der Waals surface area contributed by atoms with Crippen molar-refractivity contribution in [2.75, 3.05) is 13.7 Å². The van der Waals surface area contributed by atoms with Crippen molar-refractivity contribution in [2.24, 2.45) is 0 Å². The molecule has 0 spiro atoms. The minimum atomic E-state index is -0.244. The molecule has 0 saturated carbocycles. The Morgan fingerprint density at radius 3 is 2.60 bits per heavy atom. The second-order valence-corrected chi connectivity index (χ2v) is 2.83. The summed E-state index contributed by atoms with van der Waals surface area (Å²) in [6.45, 7) is -0.0249. The van der Waals surface area contributed by atoms with E-state index in [-0.39, 0.29) is 12.4 Å². The van der Waals surface area contributed by atoms with E-state index in [2.05, 4.69) is 11.8 Å². The van der Waals surface area contributed by atoms with Crippen LogP contribution in [-0.4, -0.2) is 24.6 Å². The van der Waals surface area contributed by atoms with Crippen LogP contribution in [0.1, 0.15) is 16.8 Å². The first-order valence-corrected chi connectivity index (χ1v) is 4.56. The summed E-state index contributed by atoms with van der Waals surface area (Å²) in [5.41, 5.74) is 0.529. The molecule has 3 nitrogen and oxygen atoms in total. The van der Waals surface area contributed by atoms with E-state index in [0.717, 1.165) is 0 Å². The molecule has 0 amide bonds. The Morgan fingerprint density at radius 2 is 2.07 bits per heavy atom. The van der Waals surface area contributed by atoms with Crippen LogP contribution in [0.3, 0.4) is 0 Å². The quantitative estimate of drug-likeness (QED) is 0.458. The van der Waals surface area contributed by atoms with Gasteiger partial charge >= 0.3 is 0 Å². The molecule has 78 valence electrons. The van der Waals surface area contributed by atoms with Crippen LogP contribution in [0.15, 0.2) is 24.3 Å². The first kappa shape index (κ1) is 11.3. The molecule has 0 aliphatic rings. The van der Waals surface area contributed by atoms with E-state index in [4.69, 9.17) is 9.84 Å². The second-order valence-electron chi connectivity index (χ2n) is 2.83. The molecule has 1 rings (SSSR count).